The number of aromatic nitrogens is 9. The fourth-order valence-electron chi connectivity index (χ4n) is 18.9. The minimum atomic E-state index is -0.250. The van der Waals surface area contributed by atoms with Gasteiger partial charge in [0, 0.05) is 186 Å². The van der Waals surface area contributed by atoms with Gasteiger partial charge in [-0.05, 0) is 235 Å². The van der Waals surface area contributed by atoms with Crippen molar-refractivity contribution < 1.29 is 37.5 Å². The van der Waals surface area contributed by atoms with E-state index in [1.165, 1.54) is 82.6 Å². The number of likely N-dealkylation sites (tertiary alicyclic amines) is 1. The van der Waals surface area contributed by atoms with E-state index in [1.807, 2.05) is 142 Å². The Morgan fingerprint density at radius 1 is 0.752 bits per heavy atom. The van der Waals surface area contributed by atoms with Crippen molar-refractivity contribution in [1.29, 1.82) is 0 Å². The zero-order valence-electron chi connectivity index (χ0n) is 74.9. The molecule has 3 amide bonds. The lowest BCUT2D eigenvalue weighted by atomic mass is 9.64. The number of furan rings is 1. The van der Waals surface area contributed by atoms with E-state index in [2.05, 4.69) is 140 Å². The second-order valence-corrected chi connectivity index (χ2v) is 38.2. The molecule has 1 saturated heterocycles. The molecule has 23 rings (SSSR count). The highest BCUT2D eigenvalue weighted by atomic mass is 32.1. The van der Waals surface area contributed by atoms with Crippen LogP contribution in [0.5, 0.6) is 5.75 Å². The molecule has 674 valence electrons. The standard InChI is InChI=1S/C25H23FN2O.C23H27N5O3S.C22H20N4S.C20H15N5O.C13H15N3O2S/c1-28-13-25(14-28)9-8-23(29)24-16-7-6-15-12-27-22(17-4-2-3-5-21(17)26)11-18(15)19(16)10-20(24)25;1-13-6-7-24-23(31)21-20(13)15-10-14(4-5-16(15)27-21)18(29)11-19-26-17(12-32-19)22(30)25-8-9-28(2)3;1-12-4-5-15(11-23-12)17-7-6-16-18(26-17)8-9-19-20(16)21-22(27-19)14(3)25-13(2)10-24-21;1-12-21-7-6-19(23-12)24-15-8-14-11-22-25-20(14)16(10-15)18-9-13-4-2-3-5-17(13)26-18;1-18-8-2-3-10-9(4-8)11-12(19-10)13(17)16-7(5-14)6-15-11/h2-5,11-12H,6-10,13-14H2,1H3;4-5,10,12-13,27H,6-9,11H2,1-3H3,(H,24,31)(H,25,30);4-9,11,13,24-25H,3,10H2,1-2H3;2-11H,1H3,(H,22,25)(H,21,23,24);2-4,7,15H,5-6,14H2,1H3,(H,16,17)/t;2*13-;;7-/m.01.1/s1. The SMILES string of the molecule is C=C1N[C@H](C)CNc2c1sc1ccc3nc(-c4ccc(C)nc4)ccc3c21.CN1CC2(CCC(=O)C3=C2CC2=C3CCc3cnc(-c4ccccc4F)cc32)C1.COc1ccc2sc3c(c2c1)NC[C@@H](CN)NC3=O.C[C@H]1CCNC(=O)c2[nH]c3ccc(C(=O)Cc4nc(C(=O)NCCN(C)C)cs4)cc3c21.Cc1nccc(Nc2cc(-c3cc4ccccc4o3)c3[nH]ncc3c2)n1. The van der Waals surface area contributed by atoms with Crippen molar-refractivity contribution in [1.82, 2.24) is 76.2 Å². The number of nitrogens with two attached hydrogens (primary N) is 1. The molecule has 0 unspecified atom stereocenters. The Balaban J connectivity index is 0.000000108. The van der Waals surface area contributed by atoms with E-state index in [0.29, 0.717) is 82.5 Å². The van der Waals surface area contributed by atoms with Gasteiger partial charge in [0.1, 0.15) is 55.8 Å². The molecule has 0 radical (unpaired) electrons. The number of rotatable bonds is 14. The number of nitrogens with one attached hydrogen (secondary N) is 9. The minimum absolute atomic E-state index is 0.0345. The minimum Gasteiger partial charge on any atom is -0.497 e. The molecule has 11 N–H and O–H groups in total. The number of likely N-dealkylation sites (N-methyl/N-ethyl adjacent to an activating group) is 1. The number of anilines is 4. The number of hydrogen-bond donors (Lipinski definition) is 10. The molecule has 0 saturated carbocycles. The van der Waals surface area contributed by atoms with Gasteiger partial charge in [-0.15, -0.1) is 34.0 Å². The zero-order valence-corrected chi connectivity index (χ0v) is 77.4. The maximum atomic E-state index is 14.4. The van der Waals surface area contributed by atoms with Crippen LogP contribution in [0.15, 0.2) is 210 Å². The number of aryl methyl sites for hydroxylation is 3. The molecule has 7 aliphatic rings. The summed E-state index contributed by atoms with van der Waals surface area (Å²) in [4.78, 5) is 98.8. The lowest BCUT2D eigenvalue weighted by molar-refractivity contribution is -0.117. The highest BCUT2D eigenvalue weighted by Gasteiger charge is 2.52. The monoisotopic (exact) mass is 1830 g/mol. The highest BCUT2D eigenvalue weighted by molar-refractivity contribution is 7.22. The summed E-state index contributed by atoms with van der Waals surface area (Å²) in [6.45, 7) is 18.3. The second-order valence-electron chi connectivity index (χ2n) is 35.2. The molecular formula is C103H100FN19O7S3. The maximum absolute atomic E-state index is 14.4. The number of pyridine rings is 3. The van der Waals surface area contributed by atoms with E-state index in [0.717, 1.165) is 181 Å². The van der Waals surface area contributed by atoms with E-state index in [9.17, 15) is 28.4 Å². The lowest BCUT2D eigenvalue weighted by Crippen LogP contribution is -2.56. The molecule has 1 spiro atoms. The molecule has 10 aromatic heterocycles. The van der Waals surface area contributed by atoms with Crippen LogP contribution in [-0.2, 0) is 17.6 Å². The largest absolute Gasteiger partial charge is 0.497 e. The molecule has 133 heavy (non-hydrogen) atoms. The number of Topliss-reactive ketones (excluding diaryl/α,β-unsaturated/α-hetero) is 2. The van der Waals surface area contributed by atoms with Crippen molar-refractivity contribution in [2.75, 3.05) is 96.6 Å². The number of methoxy groups -OCH3 is 1. The third-order valence-corrected chi connectivity index (χ3v) is 28.8. The number of amides is 3. The van der Waals surface area contributed by atoms with E-state index >= 15 is 0 Å². The van der Waals surface area contributed by atoms with Crippen LogP contribution in [0.3, 0.4) is 0 Å². The topological polar surface area (TPSA) is 346 Å². The van der Waals surface area contributed by atoms with Gasteiger partial charge in [0.15, 0.2) is 11.6 Å². The molecule has 26 nitrogen and oxygen atoms in total. The number of thiophene rings is 2. The summed E-state index contributed by atoms with van der Waals surface area (Å²) >= 11 is 4.57. The first-order chi connectivity index (χ1) is 64.5. The van der Waals surface area contributed by atoms with Gasteiger partial charge in [-0.2, -0.15) is 5.10 Å². The number of para-hydroxylation sites is 1. The highest BCUT2D eigenvalue weighted by Crippen LogP contribution is 2.57. The normalized spacial score (nSPS) is 17.0. The summed E-state index contributed by atoms with van der Waals surface area (Å²) in [5.41, 5.74) is 28.4. The van der Waals surface area contributed by atoms with Crippen molar-refractivity contribution in [2.45, 2.75) is 90.6 Å². The fraction of sp³-hybridized carbons (Fsp3) is 0.262. The Morgan fingerprint density at radius 2 is 1.58 bits per heavy atom. The lowest BCUT2D eigenvalue weighted by Gasteiger charge is -2.52. The van der Waals surface area contributed by atoms with Gasteiger partial charge in [0.2, 0.25) is 0 Å². The van der Waals surface area contributed by atoms with Gasteiger partial charge >= 0.3 is 0 Å². The van der Waals surface area contributed by atoms with Gasteiger partial charge < -0.3 is 66.9 Å². The smallest absolute Gasteiger partial charge is 0.270 e. The number of allylic oxidation sites excluding steroid dienone is 3. The van der Waals surface area contributed by atoms with Crippen LogP contribution < -0.4 is 47.7 Å². The average molecular weight is 1830 g/mol. The number of ether oxygens (including phenoxy) is 1. The second kappa shape index (κ2) is 37.3. The van der Waals surface area contributed by atoms with Crippen LogP contribution in [0.4, 0.5) is 27.3 Å². The summed E-state index contributed by atoms with van der Waals surface area (Å²) in [7, 11) is 7.68. The van der Waals surface area contributed by atoms with Gasteiger partial charge in [-0.25, -0.2) is 24.3 Å². The number of hydrogen-bond acceptors (Lipinski definition) is 24. The molecule has 3 aliphatic carbocycles. The van der Waals surface area contributed by atoms with Crippen molar-refractivity contribution >= 4 is 161 Å². The van der Waals surface area contributed by atoms with Crippen molar-refractivity contribution in [3.8, 4) is 39.6 Å². The van der Waals surface area contributed by atoms with E-state index in [4.69, 9.17) is 19.9 Å². The Bertz CT molecular complexity index is 7340. The van der Waals surface area contributed by atoms with Gasteiger partial charge in [-0.1, -0.05) is 43.8 Å². The predicted octanol–water partition coefficient (Wildman–Crippen LogP) is 18.6. The number of carbonyl (C=O) groups is 5. The summed E-state index contributed by atoms with van der Waals surface area (Å²) < 4.78 is 28.0. The van der Waals surface area contributed by atoms with Crippen molar-refractivity contribution in [3.63, 3.8) is 0 Å². The molecule has 16 aromatic rings. The van der Waals surface area contributed by atoms with Gasteiger partial charge in [0.05, 0.1) is 64.4 Å². The number of aromatic amines is 2. The molecule has 3 atom stereocenters. The average Bonchev–Trinajstić information content (AvgIpc) is 1.57. The first-order valence-corrected chi connectivity index (χ1v) is 47.1. The predicted molar refractivity (Wildman–Crippen MR) is 529 cm³/mol. The first-order valence-electron chi connectivity index (χ1n) is 44.6. The van der Waals surface area contributed by atoms with E-state index < -0.39 is 0 Å². The Morgan fingerprint density at radius 3 is 2.38 bits per heavy atom. The summed E-state index contributed by atoms with van der Waals surface area (Å²) in [6.07, 6.45) is 12.7. The molecule has 0 bridgehead atoms. The Hall–Kier alpha value is -14.0. The molecule has 6 aromatic carbocycles. The van der Waals surface area contributed by atoms with Gasteiger partial charge in [-0.3, -0.25) is 39.0 Å². The van der Waals surface area contributed by atoms with E-state index in [1.54, 1.807) is 54.4 Å². The van der Waals surface area contributed by atoms with Crippen molar-refractivity contribution in [2.24, 2.45) is 11.1 Å². The number of fused-ring (bicyclic) bond motifs is 17. The summed E-state index contributed by atoms with van der Waals surface area (Å²) in [6, 6.07) is 49.0. The first kappa shape index (κ1) is 88.3. The third kappa shape index (κ3) is 18.0. The number of benzene rings is 6. The van der Waals surface area contributed by atoms with Crippen LogP contribution in [0, 0.1) is 25.1 Å². The number of thiazole rings is 1. The Labute approximate surface area is 778 Å². The number of carbonyl (C=O) groups excluding carboxylic acids is 5. The summed E-state index contributed by atoms with van der Waals surface area (Å²) in [5, 5.41) is 38.4. The molecular weight excluding hydrogens is 1730 g/mol. The summed E-state index contributed by atoms with van der Waals surface area (Å²) in [5.74, 6) is 2.87. The number of ketones is 2. The van der Waals surface area contributed by atoms with Crippen molar-refractivity contribution in [3.05, 3.63) is 271 Å². The number of H-pyrrole nitrogens is 2. The quantitative estimate of drug-likeness (QED) is 0.0452. The molecule has 4 aliphatic heterocycles. The van der Waals surface area contributed by atoms with E-state index in [-0.39, 0.29) is 53.1 Å². The molecule has 30 heteroatoms. The van der Waals surface area contributed by atoms with Gasteiger partial charge in [0.25, 0.3) is 17.7 Å². The van der Waals surface area contributed by atoms with Crippen LogP contribution >= 0.6 is 34.0 Å². The number of halogens is 1. The van der Waals surface area contributed by atoms with Crippen LogP contribution in [0.2, 0.25) is 0 Å². The van der Waals surface area contributed by atoms with Crippen LogP contribution in [0.1, 0.15) is 131 Å². The number of nitrogens with zero attached hydrogens (tertiary/aromatic N) is 9. The fourth-order valence-corrected chi connectivity index (χ4v) is 21.9. The Kier molecular flexibility index (Phi) is 24.8. The maximum Gasteiger partial charge on any atom is 0.270 e. The third-order valence-electron chi connectivity index (χ3n) is 25.5. The molecule has 1 fully saturated rings. The van der Waals surface area contributed by atoms with Crippen LogP contribution in [-0.4, -0.2) is 177 Å². The van der Waals surface area contributed by atoms with Crippen LogP contribution in [0.25, 0.3) is 109 Å². The molecule has 14 heterocycles. The zero-order chi connectivity index (χ0) is 92.0.